The molecule has 140 valence electrons. The highest BCUT2D eigenvalue weighted by Crippen LogP contribution is 2.48. The molecular formula is C26H36. The molecule has 2 unspecified atom stereocenters. The van der Waals surface area contributed by atoms with Gasteiger partial charge < -0.3 is 0 Å². The first-order chi connectivity index (χ1) is 12.8. The van der Waals surface area contributed by atoms with E-state index in [-0.39, 0.29) is 0 Å². The summed E-state index contributed by atoms with van der Waals surface area (Å²) in [5.41, 5.74) is 4.65. The Bertz CT molecular complexity index is 665. The van der Waals surface area contributed by atoms with Crippen LogP contribution in [0.3, 0.4) is 0 Å². The third-order valence-corrected chi connectivity index (χ3v) is 7.68. The number of benzene rings is 1. The maximum Gasteiger partial charge on any atom is -0.0231 e. The van der Waals surface area contributed by atoms with Gasteiger partial charge in [0.2, 0.25) is 0 Å². The van der Waals surface area contributed by atoms with Crippen molar-refractivity contribution in [2.24, 2.45) is 29.6 Å². The SMILES string of the molecule is CC=C[C@@H]1CC[C@@H]2CC(C3CCc4cc(/C=C/C)ccc4C3)CC[C@@H]2C1. The van der Waals surface area contributed by atoms with Crippen LogP contribution in [-0.4, -0.2) is 0 Å². The Labute approximate surface area is 160 Å². The van der Waals surface area contributed by atoms with Gasteiger partial charge in [-0.05, 0) is 118 Å². The zero-order valence-corrected chi connectivity index (χ0v) is 16.8. The van der Waals surface area contributed by atoms with Crippen molar-refractivity contribution < 1.29 is 0 Å². The van der Waals surface area contributed by atoms with E-state index in [9.17, 15) is 0 Å². The maximum absolute atomic E-state index is 2.47. The van der Waals surface area contributed by atoms with Gasteiger partial charge in [0.15, 0.2) is 0 Å². The van der Waals surface area contributed by atoms with Crippen molar-refractivity contribution in [2.45, 2.75) is 71.6 Å². The zero-order chi connectivity index (χ0) is 17.9. The lowest BCUT2D eigenvalue weighted by molar-refractivity contribution is 0.0810. The zero-order valence-electron chi connectivity index (χ0n) is 16.8. The molecule has 0 heteroatoms. The molecule has 0 heterocycles. The molecule has 0 amide bonds. The number of allylic oxidation sites excluding steroid dienone is 3. The Morgan fingerprint density at radius 3 is 2.35 bits per heavy atom. The standard InChI is InChI=1S/C26H36/c1-3-5-19-7-9-23-17-25(13-11-21(23)15-19)26-14-12-22-16-20(6-4-2)8-10-24(22)18-26/h3-7,9,15,20,22,24-26H,8,10-14,16-18H2,1-2H3/b5-3+,6-4?/t20-,22-,24-,25?,26?/m1/s1. The van der Waals surface area contributed by atoms with Gasteiger partial charge in [-0.15, -0.1) is 0 Å². The fraction of sp³-hybridized carbons (Fsp3) is 0.615. The first kappa shape index (κ1) is 18.1. The normalized spacial score (nSPS) is 34.8. The monoisotopic (exact) mass is 348 g/mol. The number of rotatable bonds is 3. The average molecular weight is 349 g/mol. The van der Waals surface area contributed by atoms with Gasteiger partial charge in [0, 0.05) is 0 Å². The molecular weight excluding hydrogens is 312 g/mol. The Hall–Kier alpha value is -1.30. The summed E-state index contributed by atoms with van der Waals surface area (Å²) in [6.07, 6.45) is 22.2. The number of hydrogen-bond acceptors (Lipinski definition) is 0. The predicted molar refractivity (Wildman–Crippen MR) is 113 cm³/mol. The smallest absolute Gasteiger partial charge is 0.0231 e. The molecule has 2 fully saturated rings. The molecule has 0 bridgehead atoms. The van der Waals surface area contributed by atoms with Gasteiger partial charge in [-0.3, -0.25) is 0 Å². The van der Waals surface area contributed by atoms with E-state index in [1.165, 1.54) is 63.4 Å². The summed E-state index contributed by atoms with van der Waals surface area (Å²) in [5.74, 6) is 4.89. The van der Waals surface area contributed by atoms with E-state index < -0.39 is 0 Å². The Balaban J connectivity index is 1.38. The highest BCUT2D eigenvalue weighted by molar-refractivity contribution is 5.52. The summed E-state index contributed by atoms with van der Waals surface area (Å²) in [6, 6.07) is 7.18. The van der Waals surface area contributed by atoms with E-state index in [0.29, 0.717) is 0 Å². The summed E-state index contributed by atoms with van der Waals surface area (Å²) in [6.45, 7) is 4.29. The van der Waals surface area contributed by atoms with Crippen molar-refractivity contribution in [3.63, 3.8) is 0 Å². The lowest BCUT2D eigenvalue weighted by atomic mass is 9.61. The fourth-order valence-electron chi connectivity index (χ4n) is 6.34. The van der Waals surface area contributed by atoms with E-state index >= 15 is 0 Å². The lowest BCUT2D eigenvalue weighted by Crippen LogP contribution is -2.34. The molecule has 5 atom stereocenters. The second-order valence-corrected chi connectivity index (χ2v) is 9.22. The molecule has 0 N–H and O–H groups in total. The molecule has 3 aliphatic carbocycles. The Morgan fingerprint density at radius 2 is 1.54 bits per heavy atom. The quantitative estimate of drug-likeness (QED) is 0.505. The summed E-state index contributed by atoms with van der Waals surface area (Å²) in [5, 5.41) is 0. The fourth-order valence-corrected chi connectivity index (χ4v) is 6.34. The topological polar surface area (TPSA) is 0 Å². The molecule has 0 aliphatic heterocycles. The van der Waals surface area contributed by atoms with Crippen LogP contribution in [0.2, 0.25) is 0 Å². The van der Waals surface area contributed by atoms with Crippen molar-refractivity contribution in [3.05, 3.63) is 53.1 Å². The first-order valence-electron chi connectivity index (χ1n) is 11.1. The van der Waals surface area contributed by atoms with E-state index in [4.69, 9.17) is 0 Å². The Morgan fingerprint density at radius 1 is 0.769 bits per heavy atom. The van der Waals surface area contributed by atoms with E-state index in [0.717, 1.165) is 29.6 Å². The van der Waals surface area contributed by atoms with E-state index in [1.54, 1.807) is 11.1 Å². The van der Waals surface area contributed by atoms with Crippen LogP contribution < -0.4 is 0 Å². The Kier molecular flexibility index (Phi) is 5.67. The summed E-state index contributed by atoms with van der Waals surface area (Å²) >= 11 is 0. The van der Waals surface area contributed by atoms with Gasteiger partial charge in [-0.25, -0.2) is 0 Å². The molecule has 2 saturated carbocycles. The van der Waals surface area contributed by atoms with Crippen LogP contribution in [0.4, 0.5) is 0 Å². The highest BCUT2D eigenvalue weighted by Gasteiger charge is 2.38. The second kappa shape index (κ2) is 8.15. The van der Waals surface area contributed by atoms with E-state index in [1.807, 2.05) is 0 Å². The van der Waals surface area contributed by atoms with Crippen LogP contribution in [0.25, 0.3) is 6.08 Å². The third kappa shape index (κ3) is 3.85. The first-order valence-corrected chi connectivity index (χ1v) is 11.1. The van der Waals surface area contributed by atoms with E-state index in [2.05, 4.69) is 56.4 Å². The molecule has 0 radical (unpaired) electrons. The van der Waals surface area contributed by atoms with Gasteiger partial charge in [-0.1, -0.05) is 42.5 Å². The van der Waals surface area contributed by atoms with Crippen molar-refractivity contribution in [1.29, 1.82) is 0 Å². The van der Waals surface area contributed by atoms with Crippen molar-refractivity contribution in [1.82, 2.24) is 0 Å². The molecule has 0 saturated heterocycles. The predicted octanol–water partition coefficient (Wildman–Crippen LogP) is 7.23. The molecule has 0 spiro atoms. The minimum absolute atomic E-state index is 0.880. The molecule has 0 nitrogen and oxygen atoms in total. The van der Waals surface area contributed by atoms with Crippen LogP contribution in [0, 0.1) is 29.6 Å². The number of hydrogen-bond donors (Lipinski definition) is 0. The van der Waals surface area contributed by atoms with Crippen LogP contribution in [-0.2, 0) is 12.8 Å². The molecule has 0 aromatic heterocycles. The molecule has 4 rings (SSSR count). The van der Waals surface area contributed by atoms with Gasteiger partial charge in [-0.2, -0.15) is 0 Å². The second-order valence-electron chi connectivity index (χ2n) is 9.22. The van der Waals surface area contributed by atoms with Crippen LogP contribution in [0.1, 0.15) is 75.5 Å². The minimum atomic E-state index is 0.880. The van der Waals surface area contributed by atoms with Crippen molar-refractivity contribution in [3.8, 4) is 0 Å². The van der Waals surface area contributed by atoms with Crippen LogP contribution in [0.15, 0.2) is 36.4 Å². The minimum Gasteiger partial charge on any atom is -0.0914 e. The largest absolute Gasteiger partial charge is 0.0914 e. The van der Waals surface area contributed by atoms with Crippen molar-refractivity contribution in [2.75, 3.05) is 0 Å². The molecule has 1 aromatic rings. The summed E-state index contributed by atoms with van der Waals surface area (Å²) in [7, 11) is 0. The highest BCUT2D eigenvalue weighted by atomic mass is 14.4. The number of aryl methyl sites for hydroxylation is 1. The third-order valence-electron chi connectivity index (χ3n) is 7.68. The molecule has 3 aliphatic rings. The van der Waals surface area contributed by atoms with Crippen LogP contribution >= 0.6 is 0 Å². The van der Waals surface area contributed by atoms with Gasteiger partial charge in [0.1, 0.15) is 0 Å². The van der Waals surface area contributed by atoms with Crippen molar-refractivity contribution >= 4 is 6.08 Å². The maximum atomic E-state index is 2.47. The summed E-state index contributed by atoms with van der Waals surface area (Å²) < 4.78 is 0. The number of fused-ring (bicyclic) bond motifs is 2. The van der Waals surface area contributed by atoms with Gasteiger partial charge >= 0.3 is 0 Å². The summed E-state index contributed by atoms with van der Waals surface area (Å²) in [4.78, 5) is 0. The van der Waals surface area contributed by atoms with Crippen LogP contribution in [0.5, 0.6) is 0 Å². The lowest BCUT2D eigenvalue weighted by Gasteiger charge is -2.44. The molecule has 1 aromatic carbocycles. The average Bonchev–Trinajstić information content (AvgIpc) is 2.68. The van der Waals surface area contributed by atoms with Gasteiger partial charge in [0.05, 0.1) is 0 Å². The molecule has 26 heavy (non-hydrogen) atoms. The van der Waals surface area contributed by atoms with Gasteiger partial charge in [0.25, 0.3) is 0 Å².